The summed E-state index contributed by atoms with van der Waals surface area (Å²) in [6.45, 7) is 0. The molecule has 5 rings (SSSR count). The second kappa shape index (κ2) is 7.39. The van der Waals surface area contributed by atoms with Crippen molar-refractivity contribution in [2.75, 3.05) is 5.73 Å². The smallest absolute Gasteiger partial charge is 0.205 e. The van der Waals surface area contributed by atoms with Gasteiger partial charge in [0.05, 0.1) is 5.69 Å². The molecule has 0 spiro atoms. The van der Waals surface area contributed by atoms with E-state index in [0.29, 0.717) is 22.0 Å². The maximum atomic E-state index is 13.0. The van der Waals surface area contributed by atoms with E-state index in [1.54, 1.807) is 0 Å². The van der Waals surface area contributed by atoms with Crippen LogP contribution in [0.25, 0.3) is 10.2 Å². The molecule has 0 aliphatic heterocycles. The third-order valence-electron chi connectivity index (χ3n) is 5.67. The second-order valence-corrected chi connectivity index (χ2v) is 9.39. The predicted octanol–water partition coefficient (Wildman–Crippen LogP) is 6.14. The average Bonchev–Trinajstić information content (AvgIpc) is 3.08. The minimum Gasteiger partial charge on any atom is -0.397 e. The number of benzene rings is 2. The highest BCUT2D eigenvalue weighted by molar-refractivity contribution is 9.10. The fraction of sp³-hybridized carbons (Fsp3) is 0.167. The van der Waals surface area contributed by atoms with Crippen LogP contribution in [0.5, 0.6) is 0 Å². The van der Waals surface area contributed by atoms with Crippen molar-refractivity contribution in [3.8, 4) is 0 Å². The fourth-order valence-corrected chi connectivity index (χ4v) is 5.42. The zero-order valence-corrected chi connectivity index (χ0v) is 18.1. The zero-order chi connectivity index (χ0) is 20.0. The number of aromatic nitrogens is 1. The molecule has 3 nitrogen and oxygen atoms in total. The van der Waals surface area contributed by atoms with E-state index in [9.17, 15) is 4.79 Å². The summed E-state index contributed by atoms with van der Waals surface area (Å²) in [5, 5.41) is 0.905. The Hall–Kier alpha value is -2.50. The molecule has 0 bridgehead atoms. The second-order valence-electron chi connectivity index (χ2n) is 7.48. The van der Waals surface area contributed by atoms with E-state index in [4.69, 9.17) is 10.7 Å². The normalized spacial score (nSPS) is 16.0. The van der Waals surface area contributed by atoms with Gasteiger partial charge in [-0.05, 0) is 66.6 Å². The number of anilines is 1. The lowest BCUT2D eigenvalue weighted by Crippen LogP contribution is -2.14. The monoisotopic (exact) mass is 462 g/mol. The van der Waals surface area contributed by atoms with Crippen LogP contribution in [0, 0.1) is 0 Å². The van der Waals surface area contributed by atoms with Gasteiger partial charge in [0, 0.05) is 21.1 Å². The summed E-state index contributed by atoms with van der Waals surface area (Å²) in [5.41, 5.74) is 11.4. The molecule has 2 N–H and O–H groups in total. The van der Waals surface area contributed by atoms with Gasteiger partial charge >= 0.3 is 0 Å². The quantitative estimate of drug-likeness (QED) is 0.371. The Morgan fingerprint density at radius 3 is 2.62 bits per heavy atom. The Morgan fingerprint density at radius 1 is 1.10 bits per heavy atom. The lowest BCUT2D eigenvalue weighted by Gasteiger charge is -2.24. The van der Waals surface area contributed by atoms with Crippen LogP contribution >= 0.6 is 27.3 Å². The van der Waals surface area contributed by atoms with Crippen molar-refractivity contribution in [2.24, 2.45) is 0 Å². The summed E-state index contributed by atoms with van der Waals surface area (Å²) < 4.78 is 0.945. The Labute approximate surface area is 181 Å². The molecule has 0 amide bonds. The van der Waals surface area contributed by atoms with Crippen molar-refractivity contribution in [3.63, 3.8) is 0 Å². The number of ketones is 1. The third-order valence-corrected chi connectivity index (χ3v) is 7.31. The van der Waals surface area contributed by atoms with Gasteiger partial charge < -0.3 is 5.73 Å². The molecule has 0 fully saturated rings. The molecule has 2 aromatic carbocycles. The fourth-order valence-electron chi connectivity index (χ4n) is 4.10. The number of thiophene rings is 1. The summed E-state index contributed by atoms with van der Waals surface area (Å²) in [6, 6.07) is 20.2. The van der Waals surface area contributed by atoms with E-state index < -0.39 is 0 Å². The number of nitrogen functional groups attached to an aromatic ring is 1. The molecule has 4 aromatic rings. The molecule has 0 saturated carbocycles. The highest BCUT2D eigenvalue weighted by Gasteiger charge is 2.25. The molecular weight excluding hydrogens is 444 g/mol. The number of rotatable bonds is 3. The van der Waals surface area contributed by atoms with E-state index in [0.717, 1.165) is 39.6 Å². The van der Waals surface area contributed by atoms with Crippen LogP contribution in [0.1, 0.15) is 44.4 Å². The largest absolute Gasteiger partial charge is 0.397 e. The molecule has 29 heavy (non-hydrogen) atoms. The number of nitrogens with two attached hydrogens (primary N) is 1. The van der Waals surface area contributed by atoms with Crippen LogP contribution in [0.2, 0.25) is 0 Å². The maximum Gasteiger partial charge on any atom is 0.205 e. The third kappa shape index (κ3) is 3.38. The number of hydrogen-bond acceptors (Lipinski definition) is 4. The van der Waals surface area contributed by atoms with Gasteiger partial charge in [0.25, 0.3) is 0 Å². The summed E-state index contributed by atoms with van der Waals surface area (Å²) in [4.78, 5) is 19.3. The van der Waals surface area contributed by atoms with E-state index in [1.807, 2.05) is 24.3 Å². The van der Waals surface area contributed by atoms with Crippen molar-refractivity contribution < 1.29 is 4.79 Å². The van der Waals surface area contributed by atoms with Crippen molar-refractivity contribution in [2.45, 2.75) is 25.2 Å². The van der Waals surface area contributed by atoms with Gasteiger partial charge in [-0.1, -0.05) is 46.3 Å². The van der Waals surface area contributed by atoms with Crippen LogP contribution < -0.4 is 5.73 Å². The van der Waals surface area contributed by atoms with Gasteiger partial charge in [-0.15, -0.1) is 11.3 Å². The van der Waals surface area contributed by atoms with E-state index in [2.05, 4.69) is 52.3 Å². The molecule has 2 heterocycles. The number of pyridine rings is 1. The van der Waals surface area contributed by atoms with E-state index >= 15 is 0 Å². The van der Waals surface area contributed by atoms with Gasteiger partial charge in [-0.3, -0.25) is 4.79 Å². The van der Waals surface area contributed by atoms with Gasteiger partial charge in [0.1, 0.15) is 9.71 Å². The number of fused-ring (bicyclic) bond motifs is 2. The zero-order valence-electron chi connectivity index (χ0n) is 15.7. The molecule has 1 unspecified atom stereocenters. The van der Waals surface area contributed by atoms with E-state index in [-0.39, 0.29) is 5.78 Å². The number of hydrogen-bond donors (Lipinski definition) is 1. The molecule has 144 valence electrons. The summed E-state index contributed by atoms with van der Waals surface area (Å²) in [7, 11) is 0. The highest BCUT2D eigenvalue weighted by Crippen LogP contribution is 2.39. The lowest BCUT2D eigenvalue weighted by atomic mass is 9.82. The molecular formula is C24H19BrN2OS. The minimum atomic E-state index is -0.0434. The molecule has 1 aliphatic carbocycles. The first kappa shape index (κ1) is 18.5. The Balaban J connectivity index is 1.52. The number of carbonyl (C=O) groups excluding carboxylic acids is 1. The lowest BCUT2D eigenvalue weighted by molar-refractivity contribution is 0.104. The van der Waals surface area contributed by atoms with Crippen molar-refractivity contribution in [3.05, 3.63) is 92.4 Å². The van der Waals surface area contributed by atoms with Crippen molar-refractivity contribution >= 4 is 49.0 Å². The molecule has 0 radical (unpaired) electrons. The Kier molecular flexibility index (Phi) is 4.72. The Morgan fingerprint density at radius 2 is 1.86 bits per heavy atom. The average molecular weight is 463 g/mol. The van der Waals surface area contributed by atoms with Crippen LogP contribution in [0.3, 0.4) is 0 Å². The van der Waals surface area contributed by atoms with Gasteiger partial charge in [-0.25, -0.2) is 4.98 Å². The molecule has 1 aliphatic rings. The maximum absolute atomic E-state index is 13.0. The number of aryl methyl sites for hydroxylation is 1. The summed E-state index contributed by atoms with van der Waals surface area (Å²) in [5.74, 6) is 0.463. The standard InChI is InChI=1S/C24H19BrN2OS/c25-18-9-6-15(7-10-18)22(28)23-21(26)19-13-17-12-16(14-4-2-1-3-5-14)8-11-20(17)27-24(19)29-23/h1-7,9-10,13,16H,8,11-12,26H2. The number of halogens is 1. The first-order chi connectivity index (χ1) is 14.1. The highest BCUT2D eigenvalue weighted by atomic mass is 79.9. The topological polar surface area (TPSA) is 56.0 Å². The van der Waals surface area contributed by atoms with Crippen molar-refractivity contribution in [1.29, 1.82) is 0 Å². The summed E-state index contributed by atoms with van der Waals surface area (Å²) >= 11 is 4.81. The van der Waals surface area contributed by atoms with Gasteiger partial charge in [0.2, 0.25) is 5.78 Å². The SMILES string of the molecule is Nc1c(C(=O)c2ccc(Br)cc2)sc2nc3c(cc12)CC(c1ccccc1)CC3. The number of nitrogens with zero attached hydrogens (tertiary/aromatic N) is 1. The molecule has 2 aromatic heterocycles. The van der Waals surface area contributed by atoms with Crippen LogP contribution in [-0.4, -0.2) is 10.8 Å². The predicted molar refractivity (Wildman–Crippen MR) is 123 cm³/mol. The minimum absolute atomic E-state index is 0.0434. The van der Waals surface area contributed by atoms with Gasteiger partial charge in [-0.2, -0.15) is 0 Å². The number of carbonyl (C=O) groups is 1. The van der Waals surface area contributed by atoms with Crippen LogP contribution in [0.4, 0.5) is 5.69 Å². The Bertz CT molecular complexity index is 1220. The van der Waals surface area contributed by atoms with Crippen LogP contribution in [0.15, 0.2) is 65.1 Å². The summed E-state index contributed by atoms with van der Waals surface area (Å²) in [6.07, 6.45) is 3.02. The van der Waals surface area contributed by atoms with Crippen LogP contribution in [-0.2, 0) is 12.8 Å². The molecule has 5 heteroatoms. The molecule has 0 saturated heterocycles. The first-order valence-corrected chi connectivity index (χ1v) is 11.3. The van der Waals surface area contributed by atoms with Gasteiger partial charge in [0.15, 0.2) is 0 Å². The molecule has 1 atom stereocenters. The first-order valence-electron chi connectivity index (χ1n) is 9.66. The van der Waals surface area contributed by atoms with E-state index in [1.165, 1.54) is 22.5 Å². The van der Waals surface area contributed by atoms with Crippen molar-refractivity contribution in [1.82, 2.24) is 4.98 Å².